The van der Waals surface area contributed by atoms with E-state index in [2.05, 4.69) is 36.3 Å². The highest BCUT2D eigenvalue weighted by molar-refractivity contribution is 7.14. The number of hydrogen-bond donors (Lipinski definition) is 1. The SMILES string of the molecule is CC1(C)[C@@H]2CC[C@@]1(C)/C(=N/NC(=O)c1csc(-c3ccsc3)n1)C2. The minimum absolute atomic E-state index is 0.106. The summed E-state index contributed by atoms with van der Waals surface area (Å²) in [5, 5.41) is 11.2. The molecule has 2 aromatic heterocycles. The van der Waals surface area contributed by atoms with Crippen molar-refractivity contribution < 1.29 is 4.79 Å². The molecule has 2 fully saturated rings. The van der Waals surface area contributed by atoms with Crippen molar-refractivity contribution >= 4 is 34.3 Å². The van der Waals surface area contributed by atoms with Crippen LogP contribution in [0.1, 0.15) is 50.5 Å². The summed E-state index contributed by atoms with van der Waals surface area (Å²) in [5.41, 5.74) is 5.77. The molecule has 126 valence electrons. The Morgan fingerprint density at radius 2 is 2.21 bits per heavy atom. The number of nitrogens with one attached hydrogen (secondary N) is 1. The lowest BCUT2D eigenvalue weighted by Gasteiger charge is -2.34. The van der Waals surface area contributed by atoms with Gasteiger partial charge >= 0.3 is 0 Å². The van der Waals surface area contributed by atoms with Gasteiger partial charge in [0, 0.05) is 27.5 Å². The van der Waals surface area contributed by atoms with Crippen LogP contribution in [-0.4, -0.2) is 16.6 Å². The van der Waals surface area contributed by atoms with E-state index in [0.717, 1.165) is 22.7 Å². The van der Waals surface area contributed by atoms with Crippen LogP contribution >= 0.6 is 22.7 Å². The Balaban J connectivity index is 1.50. The summed E-state index contributed by atoms with van der Waals surface area (Å²) in [6.45, 7) is 6.97. The van der Waals surface area contributed by atoms with Gasteiger partial charge in [-0.15, -0.1) is 11.3 Å². The lowest BCUT2D eigenvalue weighted by Crippen LogP contribution is -2.34. The molecule has 2 atom stereocenters. The van der Waals surface area contributed by atoms with Crippen molar-refractivity contribution in [1.29, 1.82) is 0 Å². The Morgan fingerprint density at radius 1 is 1.38 bits per heavy atom. The molecule has 4 rings (SSSR count). The quantitative estimate of drug-likeness (QED) is 0.800. The zero-order valence-corrected chi connectivity index (χ0v) is 15.8. The molecule has 1 N–H and O–H groups in total. The van der Waals surface area contributed by atoms with E-state index in [4.69, 9.17) is 0 Å². The molecule has 0 saturated heterocycles. The maximum atomic E-state index is 12.4. The molecule has 0 aliphatic heterocycles. The van der Waals surface area contributed by atoms with Gasteiger partial charge in [-0.3, -0.25) is 4.79 Å². The molecule has 2 heterocycles. The van der Waals surface area contributed by atoms with Crippen LogP contribution in [0.5, 0.6) is 0 Å². The largest absolute Gasteiger partial charge is 0.290 e. The normalized spacial score (nSPS) is 29.3. The number of thiophene rings is 1. The monoisotopic (exact) mass is 359 g/mol. The van der Waals surface area contributed by atoms with Crippen molar-refractivity contribution in [3.63, 3.8) is 0 Å². The molecule has 0 spiro atoms. The number of nitrogens with zero attached hydrogens (tertiary/aromatic N) is 2. The lowest BCUT2D eigenvalue weighted by molar-refractivity contribution is 0.0949. The van der Waals surface area contributed by atoms with Gasteiger partial charge in [0.05, 0.1) is 0 Å². The fourth-order valence-corrected chi connectivity index (χ4v) is 5.68. The van der Waals surface area contributed by atoms with Gasteiger partial charge < -0.3 is 0 Å². The van der Waals surface area contributed by atoms with E-state index in [9.17, 15) is 4.79 Å². The van der Waals surface area contributed by atoms with Crippen LogP contribution in [0.15, 0.2) is 27.3 Å². The summed E-state index contributed by atoms with van der Waals surface area (Å²) >= 11 is 3.12. The highest BCUT2D eigenvalue weighted by Gasteiger charge is 2.60. The molecule has 4 nitrogen and oxygen atoms in total. The van der Waals surface area contributed by atoms with Gasteiger partial charge in [-0.1, -0.05) is 20.8 Å². The average molecular weight is 360 g/mol. The Morgan fingerprint density at radius 3 is 2.83 bits per heavy atom. The van der Waals surface area contributed by atoms with Gasteiger partial charge in [-0.2, -0.15) is 16.4 Å². The zero-order chi connectivity index (χ0) is 16.9. The van der Waals surface area contributed by atoms with Crippen LogP contribution in [0.4, 0.5) is 0 Å². The topological polar surface area (TPSA) is 54.4 Å². The van der Waals surface area contributed by atoms with Crippen molar-refractivity contribution in [2.24, 2.45) is 21.8 Å². The van der Waals surface area contributed by atoms with Gasteiger partial charge in [0.15, 0.2) is 0 Å². The second-order valence-electron chi connectivity index (χ2n) is 7.54. The lowest BCUT2D eigenvalue weighted by atomic mass is 9.70. The number of aromatic nitrogens is 1. The average Bonchev–Trinajstić information content (AvgIpc) is 3.29. The number of thiazole rings is 1. The van der Waals surface area contributed by atoms with Crippen LogP contribution in [-0.2, 0) is 0 Å². The van der Waals surface area contributed by atoms with Crippen LogP contribution in [0.3, 0.4) is 0 Å². The summed E-state index contributed by atoms with van der Waals surface area (Å²) in [6, 6.07) is 2.02. The predicted molar refractivity (Wildman–Crippen MR) is 99.6 cm³/mol. The van der Waals surface area contributed by atoms with Gasteiger partial charge in [-0.05, 0) is 42.0 Å². The molecule has 1 amide bonds. The zero-order valence-electron chi connectivity index (χ0n) is 14.1. The molecule has 24 heavy (non-hydrogen) atoms. The van der Waals surface area contributed by atoms with Crippen LogP contribution < -0.4 is 5.43 Å². The maximum Gasteiger partial charge on any atom is 0.290 e. The number of carbonyl (C=O) groups is 1. The highest BCUT2D eigenvalue weighted by atomic mass is 32.1. The maximum absolute atomic E-state index is 12.4. The van der Waals surface area contributed by atoms with Crippen LogP contribution in [0, 0.1) is 16.7 Å². The van der Waals surface area contributed by atoms with E-state index < -0.39 is 0 Å². The van der Waals surface area contributed by atoms with Gasteiger partial charge in [0.2, 0.25) is 0 Å². The molecule has 2 bridgehead atoms. The Hall–Kier alpha value is -1.53. The first-order valence-electron chi connectivity index (χ1n) is 8.27. The summed E-state index contributed by atoms with van der Waals surface area (Å²) in [7, 11) is 0. The third-order valence-corrected chi connectivity index (χ3v) is 7.88. The Kier molecular flexibility index (Phi) is 3.65. The first-order valence-corrected chi connectivity index (χ1v) is 10.1. The highest BCUT2D eigenvalue weighted by Crippen LogP contribution is 2.63. The predicted octanol–water partition coefficient (Wildman–Crippen LogP) is 4.80. The number of carbonyl (C=O) groups excluding carboxylic acids is 1. The summed E-state index contributed by atoms with van der Waals surface area (Å²) in [6.07, 6.45) is 3.44. The first kappa shape index (κ1) is 16.0. The summed E-state index contributed by atoms with van der Waals surface area (Å²) < 4.78 is 0. The smallest absolute Gasteiger partial charge is 0.266 e. The van der Waals surface area contributed by atoms with Crippen molar-refractivity contribution in [3.8, 4) is 10.6 Å². The van der Waals surface area contributed by atoms with Crippen molar-refractivity contribution in [1.82, 2.24) is 10.4 Å². The third-order valence-electron chi connectivity index (χ3n) is 6.31. The standard InChI is InChI=1S/C18H21N3OS2/c1-17(2)12-4-6-18(17,3)14(8-12)20-21-15(22)13-10-24-16(19-13)11-5-7-23-9-11/h5,7,9-10,12H,4,6,8H2,1-3H3,(H,21,22)/b20-14+/t12-,18+/m1/s1. The second kappa shape index (κ2) is 5.49. The summed E-state index contributed by atoms with van der Waals surface area (Å²) in [4.78, 5) is 16.8. The molecule has 2 aromatic rings. The Bertz CT molecular complexity index is 806. The van der Waals surface area contributed by atoms with Crippen LogP contribution in [0.25, 0.3) is 10.6 Å². The number of rotatable bonds is 3. The van der Waals surface area contributed by atoms with E-state index in [1.54, 1.807) is 16.7 Å². The number of fused-ring (bicyclic) bond motifs is 2. The van der Waals surface area contributed by atoms with E-state index in [1.807, 2.05) is 16.8 Å². The van der Waals surface area contributed by atoms with Crippen molar-refractivity contribution in [2.75, 3.05) is 0 Å². The summed E-state index contributed by atoms with van der Waals surface area (Å²) in [5.74, 6) is 0.465. The van der Waals surface area contributed by atoms with E-state index >= 15 is 0 Å². The fraction of sp³-hybridized carbons (Fsp3) is 0.500. The Labute approximate surface area is 150 Å². The van der Waals surface area contributed by atoms with Gasteiger partial charge in [-0.25, -0.2) is 10.4 Å². The number of amides is 1. The molecule has 2 saturated carbocycles. The van der Waals surface area contributed by atoms with E-state index in [-0.39, 0.29) is 16.7 Å². The molecule has 0 unspecified atom stereocenters. The number of hydrazone groups is 1. The molecular formula is C18H21N3OS2. The van der Waals surface area contributed by atoms with E-state index in [1.165, 1.54) is 24.2 Å². The fourth-order valence-electron chi connectivity index (χ4n) is 4.17. The number of hydrogen-bond acceptors (Lipinski definition) is 5. The van der Waals surface area contributed by atoms with Crippen molar-refractivity contribution in [2.45, 2.75) is 40.0 Å². The molecule has 0 aromatic carbocycles. The molecule has 2 aliphatic rings. The molecule has 6 heteroatoms. The molecular weight excluding hydrogens is 338 g/mol. The first-order chi connectivity index (χ1) is 11.4. The van der Waals surface area contributed by atoms with Crippen molar-refractivity contribution in [3.05, 3.63) is 27.9 Å². The van der Waals surface area contributed by atoms with E-state index in [0.29, 0.717) is 11.6 Å². The minimum atomic E-state index is -0.218. The van der Waals surface area contributed by atoms with Gasteiger partial charge in [0.1, 0.15) is 10.7 Å². The molecule has 0 radical (unpaired) electrons. The second-order valence-corrected chi connectivity index (χ2v) is 9.18. The van der Waals surface area contributed by atoms with Gasteiger partial charge in [0.25, 0.3) is 5.91 Å². The minimum Gasteiger partial charge on any atom is -0.266 e. The van der Waals surface area contributed by atoms with Crippen LogP contribution in [0.2, 0.25) is 0 Å². The molecule has 2 aliphatic carbocycles. The third kappa shape index (κ3) is 2.27.